The van der Waals surface area contributed by atoms with Gasteiger partial charge in [0.15, 0.2) is 0 Å². The number of hydrogen-bond acceptors (Lipinski definition) is 4. The van der Waals surface area contributed by atoms with Crippen molar-refractivity contribution in [3.8, 4) is 0 Å². The molecule has 0 saturated carbocycles. The lowest BCUT2D eigenvalue weighted by molar-refractivity contribution is 0.0952. The molecule has 2 aromatic rings. The smallest absolute Gasteiger partial charge is 0.251 e. The number of carbonyl (C=O) groups is 1. The number of benzene rings is 1. The van der Waals surface area contributed by atoms with Gasteiger partial charge in [0.1, 0.15) is 0 Å². The van der Waals surface area contributed by atoms with Gasteiger partial charge in [-0.2, -0.15) is 0 Å². The molecule has 2 N–H and O–H groups in total. The molecule has 0 aliphatic carbocycles. The second-order valence-corrected chi connectivity index (χ2v) is 6.12. The standard InChI is InChI=1S/C18H24N4O/c1-12(2)9-10-19-17(23)15-5-7-16(8-6-15)22-18-20-13(3)11-14(4)21-18/h5-8,11-12H,9-10H2,1-4H3,(H,19,23)(H,20,21,22). The van der Waals surface area contributed by atoms with Gasteiger partial charge in [0.2, 0.25) is 5.95 Å². The Kier molecular flexibility index (Phi) is 5.68. The Morgan fingerprint density at radius 1 is 1.09 bits per heavy atom. The number of amides is 1. The first kappa shape index (κ1) is 16.9. The Balaban J connectivity index is 1.97. The van der Waals surface area contributed by atoms with Crippen molar-refractivity contribution < 1.29 is 4.79 Å². The summed E-state index contributed by atoms with van der Waals surface area (Å²) >= 11 is 0. The summed E-state index contributed by atoms with van der Waals surface area (Å²) in [6, 6.07) is 9.25. The van der Waals surface area contributed by atoms with Gasteiger partial charge in [-0.25, -0.2) is 9.97 Å². The number of nitrogens with zero attached hydrogens (tertiary/aromatic N) is 2. The number of hydrogen-bond donors (Lipinski definition) is 2. The summed E-state index contributed by atoms with van der Waals surface area (Å²) in [6.07, 6.45) is 0.982. The number of rotatable bonds is 6. The van der Waals surface area contributed by atoms with Crippen LogP contribution in [0.25, 0.3) is 0 Å². The maximum Gasteiger partial charge on any atom is 0.251 e. The van der Waals surface area contributed by atoms with Crippen molar-refractivity contribution in [1.29, 1.82) is 0 Å². The molecule has 0 aliphatic rings. The number of carbonyl (C=O) groups excluding carboxylic acids is 1. The van der Waals surface area contributed by atoms with E-state index in [4.69, 9.17) is 0 Å². The van der Waals surface area contributed by atoms with Crippen LogP contribution in [0.1, 0.15) is 42.0 Å². The van der Waals surface area contributed by atoms with Gasteiger partial charge in [0.25, 0.3) is 5.91 Å². The van der Waals surface area contributed by atoms with E-state index in [9.17, 15) is 4.79 Å². The normalized spacial score (nSPS) is 10.7. The SMILES string of the molecule is Cc1cc(C)nc(Nc2ccc(C(=O)NCCC(C)C)cc2)n1. The summed E-state index contributed by atoms with van der Waals surface area (Å²) in [6.45, 7) is 8.85. The van der Waals surface area contributed by atoms with Crippen LogP contribution in [0.3, 0.4) is 0 Å². The molecule has 0 bridgehead atoms. The number of nitrogens with one attached hydrogen (secondary N) is 2. The summed E-state index contributed by atoms with van der Waals surface area (Å²) in [5.41, 5.74) is 3.34. The fourth-order valence-corrected chi connectivity index (χ4v) is 2.19. The Labute approximate surface area is 137 Å². The average molecular weight is 312 g/mol. The third-order valence-electron chi connectivity index (χ3n) is 3.39. The van der Waals surface area contributed by atoms with Crippen LogP contribution in [0.2, 0.25) is 0 Å². The lowest BCUT2D eigenvalue weighted by atomic mass is 10.1. The molecule has 0 radical (unpaired) electrons. The molecule has 5 heteroatoms. The second-order valence-electron chi connectivity index (χ2n) is 6.12. The third kappa shape index (κ3) is 5.36. The minimum Gasteiger partial charge on any atom is -0.352 e. The van der Waals surface area contributed by atoms with E-state index in [1.807, 2.05) is 32.0 Å². The minimum atomic E-state index is -0.0418. The van der Waals surface area contributed by atoms with Crippen LogP contribution in [0, 0.1) is 19.8 Å². The summed E-state index contributed by atoms with van der Waals surface area (Å²) in [7, 11) is 0. The Bertz CT molecular complexity index is 645. The highest BCUT2D eigenvalue weighted by Crippen LogP contribution is 2.15. The van der Waals surface area contributed by atoms with Gasteiger partial charge < -0.3 is 10.6 Å². The van der Waals surface area contributed by atoms with Crippen molar-refractivity contribution in [2.75, 3.05) is 11.9 Å². The van der Waals surface area contributed by atoms with Gasteiger partial charge in [0.05, 0.1) is 0 Å². The van der Waals surface area contributed by atoms with Crippen LogP contribution < -0.4 is 10.6 Å². The lowest BCUT2D eigenvalue weighted by Gasteiger charge is -2.09. The Hall–Kier alpha value is -2.43. The second kappa shape index (κ2) is 7.72. The van der Waals surface area contributed by atoms with Gasteiger partial charge in [0, 0.05) is 29.2 Å². The van der Waals surface area contributed by atoms with Gasteiger partial charge in [-0.15, -0.1) is 0 Å². The molecule has 1 heterocycles. The van der Waals surface area contributed by atoms with Crippen molar-refractivity contribution in [2.45, 2.75) is 34.1 Å². The van der Waals surface area contributed by atoms with E-state index in [-0.39, 0.29) is 5.91 Å². The number of aryl methyl sites for hydroxylation is 2. The molecule has 2 rings (SSSR count). The topological polar surface area (TPSA) is 66.9 Å². The zero-order valence-corrected chi connectivity index (χ0v) is 14.2. The van der Waals surface area contributed by atoms with Crippen molar-refractivity contribution in [2.24, 2.45) is 5.92 Å². The van der Waals surface area contributed by atoms with E-state index in [0.29, 0.717) is 24.0 Å². The van der Waals surface area contributed by atoms with Crippen LogP contribution >= 0.6 is 0 Å². The quantitative estimate of drug-likeness (QED) is 0.855. The van der Waals surface area contributed by atoms with Crippen LogP contribution in [0.4, 0.5) is 11.6 Å². The fraction of sp³-hybridized carbons (Fsp3) is 0.389. The largest absolute Gasteiger partial charge is 0.352 e. The zero-order valence-electron chi connectivity index (χ0n) is 14.2. The molecular weight excluding hydrogens is 288 g/mol. The maximum atomic E-state index is 12.0. The predicted molar refractivity (Wildman–Crippen MR) is 93.0 cm³/mol. The molecule has 0 saturated heterocycles. The van der Waals surface area contributed by atoms with E-state index in [1.165, 1.54) is 0 Å². The van der Waals surface area contributed by atoms with Crippen LogP contribution in [-0.2, 0) is 0 Å². The van der Waals surface area contributed by atoms with Crippen LogP contribution in [0.15, 0.2) is 30.3 Å². The molecule has 0 unspecified atom stereocenters. The summed E-state index contributed by atoms with van der Waals surface area (Å²) < 4.78 is 0. The summed E-state index contributed by atoms with van der Waals surface area (Å²) in [5, 5.41) is 6.09. The first-order valence-corrected chi connectivity index (χ1v) is 7.91. The highest BCUT2D eigenvalue weighted by molar-refractivity contribution is 5.94. The van der Waals surface area contributed by atoms with Gasteiger partial charge >= 0.3 is 0 Å². The molecule has 0 fully saturated rings. The van der Waals surface area contributed by atoms with Gasteiger partial charge in [-0.05, 0) is 56.5 Å². The average Bonchev–Trinajstić information content (AvgIpc) is 2.46. The molecular formula is C18H24N4O. The zero-order chi connectivity index (χ0) is 16.8. The van der Waals surface area contributed by atoms with E-state index in [0.717, 1.165) is 23.5 Å². The molecule has 1 aromatic carbocycles. The molecule has 23 heavy (non-hydrogen) atoms. The maximum absolute atomic E-state index is 12.0. The first-order valence-electron chi connectivity index (χ1n) is 7.91. The van der Waals surface area contributed by atoms with Crippen molar-refractivity contribution in [3.63, 3.8) is 0 Å². The van der Waals surface area contributed by atoms with E-state index in [1.54, 1.807) is 12.1 Å². The van der Waals surface area contributed by atoms with Crippen molar-refractivity contribution in [1.82, 2.24) is 15.3 Å². The number of aromatic nitrogens is 2. The first-order chi connectivity index (χ1) is 10.9. The van der Waals surface area contributed by atoms with E-state index in [2.05, 4.69) is 34.4 Å². The molecule has 1 aromatic heterocycles. The monoisotopic (exact) mass is 312 g/mol. The molecule has 0 spiro atoms. The van der Waals surface area contributed by atoms with Crippen LogP contribution in [-0.4, -0.2) is 22.4 Å². The van der Waals surface area contributed by atoms with Gasteiger partial charge in [-0.3, -0.25) is 4.79 Å². The fourth-order valence-electron chi connectivity index (χ4n) is 2.19. The van der Waals surface area contributed by atoms with Crippen LogP contribution in [0.5, 0.6) is 0 Å². The predicted octanol–water partition coefficient (Wildman–Crippen LogP) is 3.61. The molecule has 0 atom stereocenters. The number of anilines is 2. The molecule has 5 nitrogen and oxygen atoms in total. The molecule has 122 valence electrons. The van der Waals surface area contributed by atoms with Crippen molar-refractivity contribution >= 4 is 17.5 Å². The highest BCUT2D eigenvalue weighted by Gasteiger charge is 2.06. The Morgan fingerprint density at radius 2 is 1.70 bits per heavy atom. The Morgan fingerprint density at radius 3 is 2.26 bits per heavy atom. The lowest BCUT2D eigenvalue weighted by Crippen LogP contribution is -2.25. The summed E-state index contributed by atoms with van der Waals surface area (Å²) in [4.78, 5) is 20.7. The molecule has 1 amide bonds. The summed E-state index contributed by atoms with van der Waals surface area (Å²) in [5.74, 6) is 1.11. The van der Waals surface area contributed by atoms with E-state index < -0.39 is 0 Å². The van der Waals surface area contributed by atoms with Crippen molar-refractivity contribution in [3.05, 3.63) is 47.3 Å². The van der Waals surface area contributed by atoms with Gasteiger partial charge in [-0.1, -0.05) is 13.8 Å². The van der Waals surface area contributed by atoms with E-state index >= 15 is 0 Å². The highest BCUT2D eigenvalue weighted by atomic mass is 16.1. The minimum absolute atomic E-state index is 0.0418. The molecule has 0 aliphatic heterocycles. The third-order valence-corrected chi connectivity index (χ3v) is 3.39.